The van der Waals surface area contributed by atoms with Gasteiger partial charge in [0.1, 0.15) is 0 Å². The number of aliphatic hydroxyl groups is 1. The summed E-state index contributed by atoms with van der Waals surface area (Å²) < 4.78 is 1.68. The lowest BCUT2D eigenvalue weighted by Crippen LogP contribution is -2.32. The van der Waals surface area contributed by atoms with Crippen LogP contribution in [-0.2, 0) is 6.54 Å². The second kappa shape index (κ2) is 9.37. The highest BCUT2D eigenvalue weighted by Gasteiger charge is 2.13. The molecule has 28 heavy (non-hydrogen) atoms. The van der Waals surface area contributed by atoms with Gasteiger partial charge in [0, 0.05) is 25.0 Å². The zero-order valence-electron chi connectivity index (χ0n) is 17.3. The largest absolute Gasteiger partial charge is 0.392 e. The van der Waals surface area contributed by atoms with E-state index in [9.17, 15) is 9.90 Å². The summed E-state index contributed by atoms with van der Waals surface area (Å²) in [6, 6.07) is 7.85. The molecule has 0 bridgehead atoms. The van der Waals surface area contributed by atoms with E-state index in [2.05, 4.69) is 36.6 Å². The van der Waals surface area contributed by atoms with Crippen LogP contribution in [0.25, 0.3) is 5.70 Å². The highest BCUT2D eigenvalue weighted by atomic mass is 16.3. The predicted octanol–water partition coefficient (Wildman–Crippen LogP) is 3.19. The van der Waals surface area contributed by atoms with Gasteiger partial charge in [0.2, 0.25) is 0 Å². The second-order valence-corrected chi connectivity index (χ2v) is 7.07. The molecule has 0 spiro atoms. The van der Waals surface area contributed by atoms with Gasteiger partial charge in [0.05, 0.1) is 17.4 Å². The first-order valence-corrected chi connectivity index (χ1v) is 9.44. The lowest BCUT2D eigenvalue weighted by atomic mass is 10.0. The summed E-state index contributed by atoms with van der Waals surface area (Å²) in [5.74, 6) is -0.284. The maximum atomic E-state index is 12.5. The van der Waals surface area contributed by atoms with Crippen LogP contribution >= 0.6 is 0 Å². The lowest BCUT2D eigenvalue weighted by molar-refractivity contribution is 0.0923. The molecule has 2 rings (SSSR count). The van der Waals surface area contributed by atoms with E-state index in [1.807, 2.05) is 26.0 Å². The molecular weight excluding hydrogens is 352 g/mol. The van der Waals surface area contributed by atoms with Crippen molar-refractivity contribution in [2.75, 3.05) is 11.9 Å². The fourth-order valence-electron chi connectivity index (χ4n) is 2.92. The number of aromatic nitrogens is 1. The molecule has 0 saturated carbocycles. The molecule has 6 nitrogen and oxygen atoms in total. The number of rotatable bonds is 7. The molecule has 0 fully saturated rings. The predicted molar refractivity (Wildman–Crippen MR) is 113 cm³/mol. The molecule has 1 atom stereocenters. The van der Waals surface area contributed by atoms with Gasteiger partial charge in [-0.1, -0.05) is 24.3 Å². The summed E-state index contributed by atoms with van der Waals surface area (Å²) in [5, 5.41) is 24.0. The van der Waals surface area contributed by atoms with Crippen LogP contribution in [0.5, 0.6) is 0 Å². The fourth-order valence-corrected chi connectivity index (χ4v) is 2.92. The Bertz CT molecular complexity index is 922. The van der Waals surface area contributed by atoms with Gasteiger partial charge in [-0.15, -0.1) is 0 Å². The van der Waals surface area contributed by atoms with Crippen LogP contribution < -0.4 is 16.1 Å². The van der Waals surface area contributed by atoms with Gasteiger partial charge in [-0.25, -0.2) is 0 Å². The third kappa shape index (κ3) is 5.10. The Morgan fingerprint density at radius 2 is 1.96 bits per heavy atom. The van der Waals surface area contributed by atoms with Crippen LogP contribution in [0.15, 0.2) is 36.5 Å². The van der Waals surface area contributed by atoms with E-state index < -0.39 is 6.10 Å². The monoisotopic (exact) mass is 382 g/mol. The molecule has 1 aromatic heterocycles. The number of allylic oxidation sites excluding steroid dienone is 2. The number of aryl methyl sites for hydroxylation is 2. The van der Waals surface area contributed by atoms with E-state index in [1.54, 1.807) is 23.8 Å². The minimum Gasteiger partial charge on any atom is -0.392 e. The maximum absolute atomic E-state index is 12.5. The van der Waals surface area contributed by atoms with E-state index in [0.29, 0.717) is 17.8 Å². The second-order valence-electron chi connectivity index (χ2n) is 7.07. The topological polar surface area (TPSA) is 90.1 Å². The molecule has 150 valence electrons. The average Bonchev–Trinajstić information content (AvgIpc) is 2.66. The van der Waals surface area contributed by atoms with Crippen LogP contribution in [0, 0.1) is 19.3 Å². The first-order valence-electron chi connectivity index (χ1n) is 9.44. The van der Waals surface area contributed by atoms with E-state index in [4.69, 9.17) is 5.41 Å². The number of aliphatic hydroxyl groups excluding tert-OH is 1. The first-order chi connectivity index (χ1) is 13.2. The highest BCUT2D eigenvalue weighted by molar-refractivity contribution is 5.95. The summed E-state index contributed by atoms with van der Waals surface area (Å²) in [6.45, 7) is 10.3. The zero-order chi connectivity index (χ0) is 20.8. The number of pyridine rings is 1. The smallest absolute Gasteiger partial charge is 0.252 e. The van der Waals surface area contributed by atoms with E-state index >= 15 is 0 Å². The summed E-state index contributed by atoms with van der Waals surface area (Å²) in [6.07, 6.45) is 2.93. The molecule has 1 heterocycles. The highest BCUT2D eigenvalue weighted by Crippen LogP contribution is 2.16. The molecule has 0 aliphatic carbocycles. The Labute approximate surface area is 166 Å². The Kier molecular flexibility index (Phi) is 7.18. The number of amides is 1. The van der Waals surface area contributed by atoms with Crippen molar-refractivity contribution in [3.05, 3.63) is 64.3 Å². The fraction of sp³-hybridized carbons (Fsp3) is 0.364. The molecule has 1 aromatic carbocycles. The summed E-state index contributed by atoms with van der Waals surface area (Å²) in [5.41, 5.74) is 5.69. The molecule has 6 heteroatoms. The van der Waals surface area contributed by atoms with Gasteiger partial charge in [0.25, 0.3) is 5.91 Å². The van der Waals surface area contributed by atoms with E-state index in [0.717, 1.165) is 5.70 Å². The summed E-state index contributed by atoms with van der Waals surface area (Å²) >= 11 is 0. The normalized spacial score (nSPS) is 12.6. The Balaban J connectivity index is 2.40. The number of nitrogens with one attached hydrogen (secondary N) is 3. The van der Waals surface area contributed by atoms with Crippen molar-refractivity contribution < 1.29 is 9.90 Å². The number of nitrogens with zero attached hydrogens (tertiary/aromatic N) is 1. The van der Waals surface area contributed by atoms with Crippen molar-refractivity contribution in [1.82, 2.24) is 9.88 Å². The molecule has 0 aliphatic heterocycles. The van der Waals surface area contributed by atoms with Crippen molar-refractivity contribution in [1.29, 1.82) is 5.41 Å². The number of carbonyl (C=O) groups is 1. The SMILES string of the molecule is C/C=C(\C)n1cc(C(=O)NC[C@H](C)O)cc(NCc2c(C)cccc2C)c1=N. The minimum absolute atomic E-state index is 0.176. The number of hydrogen-bond acceptors (Lipinski definition) is 4. The third-order valence-corrected chi connectivity index (χ3v) is 4.78. The van der Waals surface area contributed by atoms with Crippen molar-refractivity contribution in [3.8, 4) is 0 Å². The quantitative estimate of drug-likeness (QED) is 0.593. The standard InChI is InChI=1S/C22H30N4O2/c1-6-16(4)26-13-18(22(28)25-11-17(5)27)10-20(21(26)23)24-12-19-14(2)8-7-9-15(19)3/h6-10,13,17,23-24,27H,11-12H2,1-5H3,(H,25,28)/b16-6+,23-21?/t17-/m0/s1. The van der Waals surface area contributed by atoms with Crippen LogP contribution in [-0.4, -0.2) is 28.2 Å². The van der Waals surface area contributed by atoms with Crippen molar-refractivity contribution >= 4 is 17.3 Å². The molecule has 1 amide bonds. The van der Waals surface area contributed by atoms with Crippen LogP contribution in [0.2, 0.25) is 0 Å². The molecule has 4 N–H and O–H groups in total. The number of anilines is 1. The lowest BCUT2D eigenvalue weighted by Gasteiger charge is -2.17. The number of hydrogen-bond donors (Lipinski definition) is 4. The molecule has 2 aromatic rings. The van der Waals surface area contributed by atoms with Crippen molar-refractivity contribution in [3.63, 3.8) is 0 Å². The minimum atomic E-state index is -0.620. The number of benzene rings is 1. The van der Waals surface area contributed by atoms with Gasteiger partial charge >= 0.3 is 0 Å². The zero-order valence-corrected chi connectivity index (χ0v) is 17.3. The summed E-state index contributed by atoms with van der Waals surface area (Å²) in [7, 11) is 0. The van der Waals surface area contributed by atoms with Gasteiger partial charge in [-0.3, -0.25) is 10.2 Å². The molecule has 0 aliphatic rings. The Hall–Kier alpha value is -2.86. The van der Waals surface area contributed by atoms with Crippen molar-refractivity contribution in [2.45, 2.75) is 47.3 Å². The van der Waals surface area contributed by atoms with Gasteiger partial charge in [-0.05, 0) is 57.4 Å². The van der Waals surface area contributed by atoms with Gasteiger partial charge in [-0.2, -0.15) is 0 Å². The van der Waals surface area contributed by atoms with E-state index in [1.165, 1.54) is 16.7 Å². The van der Waals surface area contributed by atoms with Crippen LogP contribution in [0.4, 0.5) is 5.69 Å². The Morgan fingerprint density at radius 3 is 2.54 bits per heavy atom. The van der Waals surface area contributed by atoms with E-state index in [-0.39, 0.29) is 17.9 Å². The molecule has 0 saturated heterocycles. The molecule has 0 unspecified atom stereocenters. The van der Waals surface area contributed by atoms with Crippen molar-refractivity contribution in [2.24, 2.45) is 0 Å². The van der Waals surface area contributed by atoms with Crippen LogP contribution in [0.3, 0.4) is 0 Å². The number of carbonyl (C=O) groups excluding carboxylic acids is 1. The third-order valence-electron chi connectivity index (χ3n) is 4.78. The van der Waals surface area contributed by atoms with Crippen LogP contribution in [0.1, 0.15) is 47.8 Å². The van der Waals surface area contributed by atoms with Gasteiger partial charge < -0.3 is 20.3 Å². The maximum Gasteiger partial charge on any atom is 0.252 e. The Morgan fingerprint density at radius 1 is 1.32 bits per heavy atom. The molecule has 0 radical (unpaired) electrons. The summed E-state index contributed by atoms with van der Waals surface area (Å²) in [4.78, 5) is 12.5. The van der Waals surface area contributed by atoms with Gasteiger partial charge in [0.15, 0.2) is 5.49 Å². The molecular formula is C22H30N4O2. The average molecular weight is 383 g/mol. The first kappa shape index (κ1) is 21.4.